The average molecular weight is 257 g/mol. The molecular weight excluding hydrogens is 236 g/mol. The van der Waals surface area contributed by atoms with Crippen molar-refractivity contribution in [2.24, 2.45) is 5.41 Å². The predicted molar refractivity (Wildman–Crippen MR) is 68.3 cm³/mol. The summed E-state index contributed by atoms with van der Waals surface area (Å²) in [6, 6.07) is 3.40. The van der Waals surface area contributed by atoms with Crippen LogP contribution in [0.5, 0.6) is 0 Å². The van der Waals surface area contributed by atoms with E-state index in [0.717, 1.165) is 6.07 Å². The van der Waals surface area contributed by atoms with Crippen LogP contribution in [0, 0.1) is 17.0 Å². The molecule has 2 N–H and O–H groups in total. The highest BCUT2D eigenvalue weighted by molar-refractivity contribution is 5.20. The molecule has 0 heterocycles. The largest absolute Gasteiger partial charge is 0.396 e. The SMILES string of the molecule is CC(NCC(C)(C)CCO)c1cc(F)cc(F)c1. The summed E-state index contributed by atoms with van der Waals surface area (Å²) in [5.41, 5.74) is 0.543. The van der Waals surface area contributed by atoms with Gasteiger partial charge in [-0.15, -0.1) is 0 Å². The standard InChI is InChI=1S/C14H21F2NO/c1-10(17-9-14(2,3)4-5-18)11-6-12(15)8-13(16)7-11/h6-8,10,17-18H,4-5,9H2,1-3H3. The second-order valence-corrected chi connectivity index (χ2v) is 5.44. The van der Waals surface area contributed by atoms with Gasteiger partial charge in [-0.25, -0.2) is 8.78 Å². The Hall–Kier alpha value is -1.00. The zero-order valence-corrected chi connectivity index (χ0v) is 11.1. The van der Waals surface area contributed by atoms with Crippen LogP contribution in [-0.2, 0) is 0 Å². The molecule has 0 radical (unpaired) electrons. The van der Waals surface area contributed by atoms with Crippen LogP contribution in [0.1, 0.15) is 38.8 Å². The molecule has 1 atom stereocenters. The second kappa shape index (κ2) is 6.25. The molecule has 1 aromatic carbocycles. The quantitative estimate of drug-likeness (QED) is 0.821. The first-order valence-electron chi connectivity index (χ1n) is 6.14. The lowest BCUT2D eigenvalue weighted by molar-refractivity contribution is 0.203. The molecule has 0 bridgehead atoms. The number of rotatable bonds is 6. The van der Waals surface area contributed by atoms with Gasteiger partial charge in [-0.05, 0) is 36.5 Å². The normalized spacial score (nSPS) is 13.7. The van der Waals surface area contributed by atoms with Crippen molar-refractivity contribution in [2.45, 2.75) is 33.2 Å². The molecule has 2 nitrogen and oxygen atoms in total. The number of nitrogens with one attached hydrogen (secondary N) is 1. The van der Waals surface area contributed by atoms with E-state index in [4.69, 9.17) is 5.11 Å². The topological polar surface area (TPSA) is 32.3 Å². The molecule has 1 unspecified atom stereocenters. The molecule has 0 spiro atoms. The lowest BCUT2D eigenvalue weighted by atomic mass is 9.89. The van der Waals surface area contributed by atoms with E-state index in [1.807, 2.05) is 20.8 Å². The van der Waals surface area contributed by atoms with Crippen molar-refractivity contribution >= 4 is 0 Å². The molecule has 1 aromatic rings. The van der Waals surface area contributed by atoms with E-state index in [-0.39, 0.29) is 18.1 Å². The highest BCUT2D eigenvalue weighted by Crippen LogP contribution is 2.21. The highest BCUT2D eigenvalue weighted by Gasteiger charge is 2.18. The van der Waals surface area contributed by atoms with Crippen molar-refractivity contribution in [3.05, 3.63) is 35.4 Å². The maximum Gasteiger partial charge on any atom is 0.126 e. The van der Waals surface area contributed by atoms with Crippen molar-refractivity contribution in [1.29, 1.82) is 0 Å². The fourth-order valence-corrected chi connectivity index (χ4v) is 1.76. The smallest absolute Gasteiger partial charge is 0.126 e. The Bertz CT molecular complexity index is 373. The first kappa shape index (κ1) is 15.1. The van der Waals surface area contributed by atoms with Crippen LogP contribution >= 0.6 is 0 Å². The van der Waals surface area contributed by atoms with Gasteiger partial charge in [0, 0.05) is 25.3 Å². The summed E-state index contributed by atoms with van der Waals surface area (Å²) in [5.74, 6) is -1.12. The predicted octanol–water partition coefficient (Wildman–Crippen LogP) is 3.02. The number of benzene rings is 1. The molecule has 0 amide bonds. The lowest BCUT2D eigenvalue weighted by Crippen LogP contribution is -2.32. The third kappa shape index (κ3) is 4.70. The van der Waals surface area contributed by atoms with E-state index >= 15 is 0 Å². The van der Waals surface area contributed by atoms with Crippen molar-refractivity contribution < 1.29 is 13.9 Å². The maximum atomic E-state index is 13.1. The molecular formula is C14H21F2NO. The van der Waals surface area contributed by atoms with Gasteiger partial charge in [0.1, 0.15) is 11.6 Å². The molecule has 102 valence electrons. The zero-order chi connectivity index (χ0) is 13.8. The molecule has 4 heteroatoms. The highest BCUT2D eigenvalue weighted by atomic mass is 19.1. The van der Waals surface area contributed by atoms with Gasteiger partial charge >= 0.3 is 0 Å². The Morgan fingerprint density at radius 1 is 1.22 bits per heavy atom. The summed E-state index contributed by atoms with van der Waals surface area (Å²) in [4.78, 5) is 0. The first-order valence-corrected chi connectivity index (χ1v) is 6.14. The summed E-state index contributed by atoms with van der Waals surface area (Å²) in [5, 5.41) is 12.2. The Morgan fingerprint density at radius 2 is 1.78 bits per heavy atom. The summed E-state index contributed by atoms with van der Waals surface area (Å²) < 4.78 is 26.2. The average Bonchev–Trinajstić information content (AvgIpc) is 2.24. The van der Waals surface area contributed by atoms with Gasteiger partial charge in [0.15, 0.2) is 0 Å². The van der Waals surface area contributed by atoms with Crippen molar-refractivity contribution in [3.63, 3.8) is 0 Å². The van der Waals surface area contributed by atoms with Crippen LogP contribution in [0.15, 0.2) is 18.2 Å². The van der Waals surface area contributed by atoms with Crippen LogP contribution in [0.25, 0.3) is 0 Å². The monoisotopic (exact) mass is 257 g/mol. The summed E-state index contributed by atoms with van der Waals surface area (Å²) in [6.07, 6.45) is 0.685. The van der Waals surface area contributed by atoms with Crippen LogP contribution in [0.4, 0.5) is 8.78 Å². The fourth-order valence-electron chi connectivity index (χ4n) is 1.76. The van der Waals surface area contributed by atoms with Gasteiger partial charge in [-0.2, -0.15) is 0 Å². The molecule has 0 saturated carbocycles. The van der Waals surface area contributed by atoms with Crippen LogP contribution in [0.2, 0.25) is 0 Å². The number of halogens is 2. The lowest BCUT2D eigenvalue weighted by Gasteiger charge is -2.26. The van der Waals surface area contributed by atoms with E-state index in [0.29, 0.717) is 18.5 Å². The van der Waals surface area contributed by atoms with Crippen LogP contribution in [-0.4, -0.2) is 18.3 Å². The molecule has 0 saturated heterocycles. The molecule has 0 aliphatic carbocycles. The molecule has 0 aromatic heterocycles. The van der Waals surface area contributed by atoms with E-state index in [2.05, 4.69) is 5.32 Å². The van der Waals surface area contributed by atoms with E-state index in [1.165, 1.54) is 12.1 Å². The molecule has 1 rings (SSSR count). The minimum Gasteiger partial charge on any atom is -0.396 e. The summed E-state index contributed by atoms with van der Waals surface area (Å²) in [6.45, 7) is 6.75. The first-order chi connectivity index (χ1) is 8.34. The van der Waals surface area contributed by atoms with Crippen molar-refractivity contribution in [3.8, 4) is 0 Å². The number of aliphatic hydroxyl groups excluding tert-OH is 1. The third-order valence-electron chi connectivity index (χ3n) is 3.06. The van der Waals surface area contributed by atoms with E-state index < -0.39 is 11.6 Å². The fraction of sp³-hybridized carbons (Fsp3) is 0.571. The number of hydrogen-bond acceptors (Lipinski definition) is 2. The van der Waals surface area contributed by atoms with Gasteiger partial charge in [-0.1, -0.05) is 13.8 Å². The minimum absolute atomic E-state index is 0.0467. The second-order valence-electron chi connectivity index (χ2n) is 5.44. The van der Waals surface area contributed by atoms with Gasteiger partial charge in [-0.3, -0.25) is 0 Å². The van der Waals surface area contributed by atoms with Crippen molar-refractivity contribution in [1.82, 2.24) is 5.32 Å². The molecule has 0 aliphatic rings. The van der Waals surface area contributed by atoms with E-state index in [9.17, 15) is 8.78 Å². The van der Waals surface area contributed by atoms with Gasteiger partial charge in [0.2, 0.25) is 0 Å². The van der Waals surface area contributed by atoms with E-state index in [1.54, 1.807) is 0 Å². The maximum absolute atomic E-state index is 13.1. The van der Waals surface area contributed by atoms with Gasteiger partial charge in [0.25, 0.3) is 0 Å². The van der Waals surface area contributed by atoms with Crippen molar-refractivity contribution in [2.75, 3.05) is 13.2 Å². The van der Waals surface area contributed by atoms with Gasteiger partial charge in [0.05, 0.1) is 0 Å². The Kier molecular flexibility index (Phi) is 5.23. The van der Waals surface area contributed by atoms with Crippen LogP contribution in [0.3, 0.4) is 0 Å². The number of hydrogen-bond donors (Lipinski definition) is 2. The molecule has 0 fully saturated rings. The third-order valence-corrected chi connectivity index (χ3v) is 3.06. The van der Waals surface area contributed by atoms with Crippen LogP contribution < -0.4 is 5.32 Å². The number of aliphatic hydroxyl groups is 1. The van der Waals surface area contributed by atoms with Gasteiger partial charge < -0.3 is 10.4 Å². The molecule has 18 heavy (non-hydrogen) atoms. The Morgan fingerprint density at radius 3 is 2.28 bits per heavy atom. The summed E-state index contributed by atoms with van der Waals surface area (Å²) >= 11 is 0. The summed E-state index contributed by atoms with van der Waals surface area (Å²) in [7, 11) is 0. The Balaban J connectivity index is 2.62. The Labute approximate surface area is 107 Å². The minimum atomic E-state index is -0.562. The molecule has 0 aliphatic heterocycles. The zero-order valence-electron chi connectivity index (χ0n) is 11.1.